The van der Waals surface area contributed by atoms with Crippen molar-refractivity contribution in [3.8, 4) is 11.5 Å². The molecule has 3 N–H and O–H groups in total. The molecule has 3 atom stereocenters. The number of Topliss-reactive ketones (excluding diaryl/α,β-unsaturated/α-hetero) is 2. The molecule has 0 amide bonds. The summed E-state index contributed by atoms with van der Waals surface area (Å²) >= 11 is 0. The van der Waals surface area contributed by atoms with Crippen LogP contribution in [0.2, 0.25) is 0 Å². The van der Waals surface area contributed by atoms with Crippen molar-refractivity contribution in [2.24, 2.45) is 5.92 Å². The molecule has 2 aliphatic rings. The third-order valence-corrected chi connectivity index (χ3v) is 4.34. The molecular weight excluding hydrogens is 288 g/mol. The van der Waals surface area contributed by atoms with Gasteiger partial charge in [0.05, 0.1) is 24.9 Å². The van der Waals surface area contributed by atoms with E-state index in [0.717, 1.165) is 0 Å². The zero-order chi connectivity index (χ0) is 16.2. The molecule has 1 aromatic carbocycles. The van der Waals surface area contributed by atoms with E-state index in [1.165, 1.54) is 19.2 Å². The lowest BCUT2D eigenvalue weighted by molar-refractivity contribution is 0.0640. The first-order valence-electron chi connectivity index (χ1n) is 6.97. The van der Waals surface area contributed by atoms with Crippen LogP contribution >= 0.6 is 0 Å². The Morgan fingerprint density at radius 1 is 1.14 bits per heavy atom. The molecule has 116 valence electrons. The van der Waals surface area contributed by atoms with Crippen LogP contribution in [-0.4, -0.2) is 46.2 Å². The van der Waals surface area contributed by atoms with Gasteiger partial charge in [-0.25, -0.2) is 0 Å². The number of aliphatic hydroxyl groups is 2. The van der Waals surface area contributed by atoms with Crippen molar-refractivity contribution in [1.82, 2.24) is 0 Å². The average Bonchev–Trinajstić information content (AvgIpc) is 2.47. The van der Waals surface area contributed by atoms with Crippen LogP contribution in [0.1, 0.15) is 34.1 Å². The molecule has 6 nitrogen and oxygen atoms in total. The largest absolute Gasteiger partial charge is 0.507 e. The standard InChI is InChI=1S/C16H16O6/c1-6-3-9(17)12-13(14(6)19)15(20)8-4-7(22-2)5-10(18)11(8)16(12)21/h4-6,9,14,17-19H,3H2,1-2H3/t6?,9-,14?/m0/s1. The van der Waals surface area contributed by atoms with Crippen molar-refractivity contribution in [2.45, 2.75) is 25.6 Å². The second kappa shape index (κ2) is 4.93. The molecule has 6 heteroatoms. The molecule has 0 fully saturated rings. The predicted molar refractivity (Wildman–Crippen MR) is 76.1 cm³/mol. The van der Waals surface area contributed by atoms with Gasteiger partial charge in [-0.3, -0.25) is 9.59 Å². The number of aliphatic hydroxyl groups excluding tert-OH is 2. The summed E-state index contributed by atoms with van der Waals surface area (Å²) in [4.78, 5) is 25.3. The minimum Gasteiger partial charge on any atom is -0.507 e. The topological polar surface area (TPSA) is 104 Å². The maximum Gasteiger partial charge on any atom is 0.196 e. The van der Waals surface area contributed by atoms with Crippen LogP contribution in [0.5, 0.6) is 11.5 Å². The minimum absolute atomic E-state index is 0.0130. The van der Waals surface area contributed by atoms with Crippen LogP contribution in [0.3, 0.4) is 0 Å². The summed E-state index contributed by atoms with van der Waals surface area (Å²) in [6, 6.07) is 2.60. The normalized spacial score (nSPS) is 27.5. The van der Waals surface area contributed by atoms with Crippen molar-refractivity contribution in [3.05, 3.63) is 34.4 Å². The highest BCUT2D eigenvalue weighted by molar-refractivity contribution is 6.28. The second-order valence-electron chi connectivity index (χ2n) is 5.73. The number of aromatic hydroxyl groups is 1. The number of phenolic OH excluding ortho intramolecular Hbond substituents is 1. The van der Waals surface area contributed by atoms with Gasteiger partial charge in [0.15, 0.2) is 11.6 Å². The van der Waals surface area contributed by atoms with Gasteiger partial charge in [0.2, 0.25) is 0 Å². The second-order valence-corrected chi connectivity index (χ2v) is 5.73. The van der Waals surface area contributed by atoms with Crippen LogP contribution in [0.15, 0.2) is 23.3 Å². The molecule has 0 radical (unpaired) electrons. The Morgan fingerprint density at radius 3 is 2.45 bits per heavy atom. The van der Waals surface area contributed by atoms with Gasteiger partial charge < -0.3 is 20.1 Å². The van der Waals surface area contributed by atoms with Gasteiger partial charge in [0.1, 0.15) is 11.5 Å². The number of methoxy groups -OCH3 is 1. The zero-order valence-corrected chi connectivity index (χ0v) is 12.2. The third kappa shape index (κ3) is 1.88. The van der Waals surface area contributed by atoms with Crippen LogP contribution in [0, 0.1) is 5.92 Å². The van der Waals surface area contributed by atoms with Crippen LogP contribution in [0.4, 0.5) is 0 Å². The average molecular weight is 304 g/mol. The summed E-state index contributed by atoms with van der Waals surface area (Å²) in [5, 5.41) is 30.4. The number of carbonyl (C=O) groups excluding carboxylic acids is 2. The molecule has 1 aromatic rings. The first-order chi connectivity index (χ1) is 10.4. The van der Waals surface area contributed by atoms with Crippen molar-refractivity contribution in [3.63, 3.8) is 0 Å². The lowest BCUT2D eigenvalue weighted by atomic mass is 9.71. The van der Waals surface area contributed by atoms with E-state index < -0.39 is 23.8 Å². The van der Waals surface area contributed by atoms with E-state index in [-0.39, 0.29) is 46.1 Å². The summed E-state index contributed by atoms with van der Waals surface area (Å²) in [7, 11) is 1.38. The summed E-state index contributed by atoms with van der Waals surface area (Å²) < 4.78 is 5.00. The molecule has 0 aromatic heterocycles. The minimum atomic E-state index is -1.13. The number of phenols is 1. The van der Waals surface area contributed by atoms with Crippen LogP contribution in [0.25, 0.3) is 0 Å². The maximum absolute atomic E-state index is 12.7. The summed E-state index contributed by atoms with van der Waals surface area (Å²) in [5.74, 6) is -1.66. The number of fused-ring (bicyclic) bond motifs is 1. The number of benzene rings is 1. The fourth-order valence-electron chi connectivity index (χ4n) is 3.17. The Balaban J connectivity index is 2.26. The van der Waals surface area contributed by atoms with Crippen molar-refractivity contribution in [2.75, 3.05) is 7.11 Å². The highest BCUT2D eigenvalue weighted by Gasteiger charge is 2.44. The van der Waals surface area contributed by atoms with Crippen LogP contribution < -0.4 is 4.74 Å². The van der Waals surface area contributed by atoms with E-state index in [1.54, 1.807) is 6.92 Å². The van der Waals surface area contributed by atoms with Gasteiger partial charge in [-0.2, -0.15) is 0 Å². The number of ether oxygens (including phenoxy) is 1. The molecule has 2 aliphatic carbocycles. The van der Waals surface area contributed by atoms with Crippen LogP contribution in [-0.2, 0) is 0 Å². The summed E-state index contributed by atoms with van der Waals surface area (Å²) in [6.45, 7) is 1.70. The zero-order valence-electron chi connectivity index (χ0n) is 12.2. The molecule has 0 saturated carbocycles. The smallest absolute Gasteiger partial charge is 0.196 e. The van der Waals surface area contributed by atoms with E-state index in [2.05, 4.69) is 0 Å². The summed E-state index contributed by atoms with van der Waals surface area (Å²) in [5.41, 5.74) is -0.341. The molecule has 22 heavy (non-hydrogen) atoms. The Morgan fingerprint density at radius 2 is 1.82 bits per heavy atom. The van der Waals surface area contributed by atoms with E-state index in [0.29, 0.717) is 0 Å². The summed E-state index contributed by atoms with van der Waals surface area (Å²) in [6.07, 6.45) is -2.05. The van der Waals surface area contributed by atoms with Gasteiger partial charge in [0, 0.05) is 22.8 Å². The van der Waals surface area contributed by atoms with Gasteiger partial charge in [-0.1, -0.05) is 6.92 Å². The maximum atomic E-state index is 12.7. The third-order valence-electron chi connectivity index (χ3n) is 4.34. The number of rotatable bonds is 1. The molecule has 0 saturated heterocycles. The molecule has 3 rings (SSSR count). The fourth-order valence-corrected chi connectivity index (χ4v) is 3.17. The Hall–Kier alpha value is -2.18. The SMILES string of the molecule is COc1cc(O)c2c(c1)C(=O)C1=C(C2=O)[C@@H](O)CC(C)C1O. The van der Waals surface area contributed by atoms with Crippen molar-refractivity contribution in [1.29, 1.82) is 0 Å². The predicted octanol–water partition coefficient (Wildman–Crippen LogP) is 0.838. The molecule has 0 heterocycles. The monoisotopic (exact) mass is 304 g/mol. The lowest BCUT2D eigenvalue weighted by Crippen LogP contribution is -2.41. The van der Waals surface area contributed by atoms with Gasteiger partial charge in [0.25, 0.3) is 0 Å². The first kappa shape index (κ1) is 14.7. The number of hydrogen-bond acceptors (Lipinski definition) is 6. The molecule has 0 spiro atoms. The first-order valence-corrected chi connectivity index (χ1v) is 6.97. The van der Waals surface area contributed by atoms with E-state index >= 15 is 0 Å². The van der Waals surface area contributed by atoms with Crippen molar-refractivity contribution < 1.29 is 29.6 Å². The Labute approximate surface area is 126 Å². The molecule has 2 unspecified atom stereocenters. The van der Waals surface area contributed by atoms with E-state index in [9.17, 15) is 24.9 Å². The number of ketones is 2. The van der Waals surface area contributed by atoms with Gasteiger partial charge in [-0.05, 0) is 18.4 Å². The quantitative estimate of drug-likeness (QED) is 0.710. The van der Waals surface area contributed by atoms with Gasteiger partial charge in [-0.15, -0.1) is 0 Å². The highest BCUT2D eigenvalue weighted by Crippen LogP contribution is 2.41. The highest BCUT2D eigenvalue weighted by atomic mass is 16.5. The fraction of sp³-hybridized carbons (Fsp3) is 0.375. The van der Waals surface area contributed by atoms with E-state index in [4.69, 9.17) is 4.74 Å². The Kier molecular flexibility index (Phi) is 3.30. The molecular formula is C16H16O6. The molecule has 0 bridgehead atoms. The van der Waals surface area contributed by atoms with Crippen molar-refractivity contribution >= 4 is 11.6 Å². The number of hydrogen-bond donors (Lipinski definition) is 3. The van der Waals surface area contributed by atoms with E-state index in [1.807, 2.05) is 0 Å². The lowest BCUT2D eigenvalue weighted by Gasteiger charge is -2.35. The Bertz CT molecular complexity index is 718. The molecule has 0 aliphatic heterocycles. The number of carbonyl (C=O) groups is 2. The van der Waals surface area contributed by atoms with Gasteiger partial charge >= 0.3 is 0 Å².